The number of halogens is 4. The van der Waals surface area contributed by atoms with Crippen molar-refractivity contribution >= 4 is 76.6 Å². The first-order valence-electron chi connectivity index (χ1n) is 33.8. The Balaban J connectivity index is 1.20. The molecule has 7 aliphatic rings. The van der Waals surface area contributed by atoms with Crippen molar-refractivity contribution in [3.8, 4) is 0 Å². The van der Waals surface area contributed by atoms with Gasteiger partial charge in [0.15, 0.2) is 0 Å². The summed E-state index contributed by atoms with van der Waals surface area (Å²) in [6.45, 7) is 10.2. The van der Waals surface area contributed by atoms with E-state index in [1.54, 1.807) is 20.9 Å². The highest BCUT2D eigenvalue weighted by atomic mass is 35.5. The van der Waals surface area contributed by atoms with Gasteiger partial charge in [0.25, 0.3) is 0 Å². The summed E-state index contributed by atoms with van der Waals surface area (Å²) in [5, 5.41) is 13.4. The summed E-state index contributed by atoms with van der Waals surface area (Å²) in [5.41, 5.74) is -1.45. The smallest absolute Gasteiger partial charge is 0.351 e. The first-order valence-corrected chi connectivity index (χ1v) is 34.2. The third-order valence-electron chi connectivity index (χ3n) is 21.7. The molecule has 7 fully saturated rings. The normalized spacial score (nSPS) is 34.0. The van der Waals surface area contributed by atoms with E-state index in [4.69, 9.17) is 11.6 Å². The number of hydrogen-bond donors (Lipinski definition) is 5. The molecule has 11 amide bonds. The van der Waals surface area contributed by atoms with Crippen LogP contribution in [0.15, 0.2) is 0 Å². The zero-order valence-electron chi connectivity index (χ0n) is 55.3. The average molecular weight is 1310 g/mol. The van der Waals surface area contributed by atoms with Crippen molar-refractivity contribution in [1.82, 2.24) is 56.0 Å². The Morgan fingerprint density at radius 3 is 1.82 bits per heavy atom. The number of carbonyl (C=O) groups excluding carboxylic acids is 11. The second kappa shape index (κ2) is 31.5. The highest BCUT2D eigenvalue weighted by Crippen LogP contribution is 2.44. The van der Waals surface area contributed by atoms with Crippen LogP contribution in [-0.2, 0) is 52.7 Å². The van der Waals surface area contributed by atoms with Gasteiger partial charge in [0.1, 0.15) is 53.9 Å². The number of carbonyl (C=O) groups is 11. The Bertz CT molecular complexity index is 2650. The zero-order chi connectivity index (χ0) is 67.0. The van der Waals surface area contributed by atoms with Crippen LogP contribution in [0, 0.1) is 35.5 Å². The lowest BCUT2D eigenvalue weighted by Gasteiger charge is -2.43. The number of alkyl halides is 4. The van der Waals surface area contributed by atoms with Crippen LogP contribution in [0.3, 0.4) is 0 Å². The first kappa shape index (κ1) is 72.7. The molecular formula is C65H103ClF3N11O11. The van der Waals surface area contributed by atoms with Gasteiger partial charge < -0.3 is 56.0 Å². The minimum absolute atomic E-state index is 0.0191. The molecule has 3 heterocycles. The molecule has 3 saturated heterocycles. The second-order valence-electron chi connectivity index (χ2n) is 28.2. The Kier molecular flexibility index (Phi) is 25.1. The van der Waals surface area contributed by atoms with E-state index >= 15 is 9.59 Å². The minimum Gasteiger partial charge on any atom is -0.351 e. The van der Waals surface area contributed by atoms with Crippen LogP contribution in [0.5, 0.6) is 0 Å². The summed E-state index contributed by atoms with van der Waals surface area (Å²) in [7, 11) is 5.84. The molecule has 0 bridgehead atoms. The second-order valence-corrected chi connectivity index (χ2v) is 28.7. The van der Waals surface area contributed by atoms with Crippen molar-refractivity contribution in [3.05, 3.63) is 0 Å². The quantitative estimate of drug-likeness (QED) is 0.198. The van der Waals surface area contributed by atoms with Crippen LogP contribution in [0.2, 0.25) is 0 Å². The Labute approximate surface area is 540 Å². The van der Waals surface area contributed by atoms with Gasteiger partial charge in [-0.2, -0.15) is 13.2 Å². The number of amides is 11. The summed E-state index contributed by atoms with van der Waals surface area (Å²) in [6, 6.07) is -9.63. The fourth-order valence-corrected chi connectivity index (χ4v) is 15.7. The van der Waals surface area contributed by atoms with E-state index in [1.165, 1.54) is 59.5 Å². The highest BCUT2D eigenvalue weighted by Gasteiger charge is 2.52. The van der Waals surface area contributed by atoms with Gasteiger partial charge in [-0.3, -0.25) is 52.7 Å². The molecule has 1 spiro atoms. The zero-order valence-corrected chi connectivity index (χ0v) is 56.1. The molecule has 0 aromatic carbocycles. The molecule has 0 aromatic rings. The van der Waals surface area contributed by atoms with Crippen LogP contribution < -0.4 is 26.6 Å². The average Bonchev–Trinajstić information content (AvgIpc) is 1.79. The van der Waals surface area contributed by atoms with Gasteiger partial charge in [-0.15, -0.1) is 11.6 Å². The molecule has 3 unspecified atom stereocenters. The lowest BCUT2D eigenvalue weighted by atomic mass is 9.78. The third kappa shape index (κ3) is 17.5. The lowest BCUT2D eigenvalue weighted by molar-refractivity contribution is -0.182. The topological polar surface area (TPSA) is 267 Å². The number of fused-ring (bicyclic) bond motifs is 2. The number of likely N-dealkylation sites (N-methyl/N-ethyl adjacent to an activating group) is 4. The number of nitrogens with one attached hydrogen (secondary N) is 5. The Morgan fingerprint density at radius 1 is 0.593 bits per heavy atom. The highest BCUT2D eigenvalue weighted by molar-refractivity contribution is 6.20. The lowest BCUT2D eigenvalue weighted by Crippen LogP contribution is -2.65. The van der Waals surface area contributed by atoms with Crippen LogP contribution in [-0.4, -0.2) is 214 Å². The van der Waals surface area contributed by atoms with E-state index in [2.05, 4.69) is 33.5 Å². The molecular weight excluding hydrogens is 1200 g/mol. The van der Waals surface area contributed by atoms with E-state index in [1.807, 2.05) is 6.92 Å². The number of hydrogen-bond acceptors (Lipinski definition) is 11. The maximum Gasteiger partial charge on any atom is 0.393 e. The largest absolute Gasteiger partial charge is 0.393 e. The molecule has 0 aromatic heterocycles. The molecule has 13 atom stereocenters. The van der Waals surface area contributed by atoms with Gasteiger partial charge >= 0.3 is 6.18 Å². The third-order valence-corrected chi connectivity index (χ3v) is 22.2. The molecule has 5 N–H and O–H groups in total. The molecule has 7 rings (SSSR count). The van der Waals surface area contributed by atoms with Crippen molar-refractivity contribution < 1.29 is 65.9 Å². The van der Waals surface area contributed by atoms with Crippen molar-refractivity contribution in [1.29, 1.82) is 0 Å². The fourth-order valence-electron chi connectivity index (χ4n) is 15.2. The van der Waals surface area contributed by atoms with E-state index < -0.39 is 155 Å². The first-order chi connectivity index (χ1) is 42.9. The monoisotopic (exact) mass is 1310 g/mol. The predicted octanol–water partition coefficient (Wildman–Crippen LogP) is 5.17. The predicted molar refractivity (Wildman–Crippen MR) is 334 cm³/mol. The molecule has 0 radical (unpaired) electrons. The fraction of sp³-hybridized carbons (Fsp3) is 0.831. The molecule has 512 valence electrons. The SMILES string of the molecule is CC[C@H](C)[C@@H]1NC(=O)[C@H](C)N(C)C(=O)C[C@@H](C)NC(=O)[C@H](C2CCCC2)N(C)C(=O)C2(CCCC2)NC(=O)[C@@H]2CCCN2C(=O)[C@H](CCC2CCC(C(F)(F)F)C(Cl)C2)NC(=O)CN(C)C(=O)[C@H](CC2CCC(C)CC2)NC(=O)[C@@H]2CCN2C(=O)[C@H](C)N(C)C1=O. The van der Waals surface area contributed by atoms with Crippen molar-refractivity contribution in [3.63, 3.8) is 0 Å². The van der Waals surface area contributed by atoms with Gasteiger partial charge in [0.05, 0.1) is 12.5 Å². The Hall–Kier alpha value is -5.75. The van der Waals surface area contributed by atoms with Gasteiger partial charge in [-0.05, 0) is 134 Å². The van der Waals surface area contributed by atoms with Gasteiger partial charge in [0.2, 0.25) is 65.0 Å². The van der Waals surface area contributed by atoms with Crippen LogP contribution in [0.4, 0.5) is 13.2 Å². The van der Waals surface area contributed by atoms with Gasteiger partial charge in [-0.25, -0.2) is 0 Å². The summed E-state index contributed by atoms with van der Waals surface area (Å²) in [6.07, 6.45) is 4.94. The van der Waals surface area contributed by atoms with Crippen LogP contribution in [0.25, 0.3) is 0 Å². The molecule has 91 heavy (non-hydrogen) atoms. The van der Waals surface area contributed by atoms with Gasteiger partial charge in [-0.1, -0.05) is 78.6 Å². The maximum atomic E-state index is 15.2. The summed E-state index contributed by atoms with van der Waals surface area (Å²) in [4.78, 5) is 168. The molecule has 3 aliphatic heterocycles. The molecule has 22 nitrogen and oxygen atoms in total. The van der Waals surface area contributed by atoms with Crippen molar-refractivity contribution in [2.45, 2.75) is 261 Å². The summed E-state index contributed by atoms with van der Waals surface area (Å²) >= 11 is 6.37. The Morgan fingerprint density at radius 2 is 1.22 bits per heavy atom. The summed E-state index contributed by atoms with van der Waals surface area (Å²) in [5.74, 6) is -8.60. The number of rotatable bonds is 8. The van der Waals surface area contributed by atoms with E-state index in [0.29, 0.717) is 44.4 Å². The van der Waals surface area contributed by atoms with Crippen LogP contribution >= 0.6 is 11.6 Å². The van der Waals surface area contributed by atoms with Crippen molar-refractivity contribution in [2.24, 2.45) is 35.5 Å². The minimum atomic E-state index is -4.49. The van der Waals surface area contributed by atoms with Crippen molar-refractivity contribution in [2.75, 3.05) is 47.8 Å². The standard InChI is InChI=1S/C65H103ClF3N11O11/c1-11-38(3)53-62(90)77(9)41(6)59(87)80-32-28-50(80)56(84)72-48(35-43-22-20-37(2)21-23-43)60(88)75(7)36-51(81)71-47(27-25-42-24-26-45(46(66)34-42)65(67,68)69)61(89)79-31-16-19-49(79)57(85)74-64(29-14-15-30-64)63(91)78(10)54(44-17-12-13-18-44)58(86)70-39(4)33-52(82)76(8)40(5)55(83)73-53/h37-50,53-54H,11-36H2,1-10H3,(H,70,86)(H,71,81)(H,72,84)(H,73,83)(H,74,85)/t37?,38-,39+,40-,41-,42?,43?,45?,46?,47-,48-,49-,50-,53-,54-/m0/s1. The van der Waals surface area contributed by atoms with E-state index in [9.17, 15) is 56.3 Å². The van der Waals surface area contributed by atoms with E-state index in [-0.39, 0.29) is 101 Å². The molecule has 4 aliphatic carbocycles. The molecule has 26 heteroatoms. The summed E-state index contributed by atoms with van der Waals surface area (Å²) < 4.78 is 41.8. The molecule has 4 saturated carbocycles. The van der Waals surface area contributed by atoms with Crippen LogP contribution in [0.1, 0.15) is 189 Å². The van der Waals surface area contributed by atoms with Gasteiger partial charge in [0, 0.05) is 59.1 Å². The number of nitrogens with zero attached hydrogens (tertiary/aromatic N) is 6. The van der Waals surface area contributed by atoms with E-state index in [0.717, 1.165) is 43.4 Å². The maximum absolute atomic E-state index is 15.2.